The maximum atomic E-state index is 5.00. The van der Waals surface area contributed by atoms with Gasteiger partial charge < -0.3 is 9.97 Å². The van der Waals surface area contributed by atoms with Crippen molar-refractivity contribution in [1.29, 1.82) is 0 Å². The number of H-pyrrole nitrogens is 2. The summed E-state index contributed by atoms with van der Waals surface area (Å²) in [6.07, 6.45) is 18.3. The zero-order chi connectivity index (χ0) is 21.1. The summed E-state index contributed by atoms with van der Waals surface area (Å²) in [5.41, 5.74) is 7.44. The van der Waals surface area contributed by atoms with E-state index in [0.29, 0.717) is 0 Å². The molecule has 0 saturated carbocycles. The summed E-state index contributed by atoms with van der Waals surface area (Å²) >= 11 is 0. The lowest BCUT2D eigenvalue weighted by atomic mass is 10.0. The van der Waals surface area contributed by atoms with Crippen LogP contribution >= 0.6 is 0 Å². The molecule has 2 N–H and O–H groups in total. The smallest absolute Gasteiger partial charge is 0.0900 e. The lowest BCUT2D eigenvalue weighted by Gasteiger charge is -2.07. The van der Waals surface area contributed by atoms with Gasteiger partial charge in [0.05, 0.1) is 39.9 Å². The van der Waals surface area contributed by atoms with E-state index < -0.39 is 0 Å². The summed E-state index contributed by atoms with van der Waals surface area (Å²) in [6, 6.07) is 12.5. The minimum Gasteiger partial charge on any atom is -0.359 e. The van der Waals surface area contributed by atoms with E-state index in [1.165, 1.54) is 5.39 Å². The van der Waals surface area contributed by atoms with Crippen LogP contribution in [0.15, 0.2) is 88.3 Å². The first-order valence-corrected chi connectivity index (χ1v) is 10.5. The van der Waals surface area contributed by atoms with Crippen LogP contribution in [0.4, 0.5) is 0 Å². The molecule has 2 aromatic rings. The first-order valence-electron chi connectivity index (χ1n) is 10.5. The standard InChI is InChI=1S/C27H17N5/c1-2-4-23-16(3-1)15-28-27-25-14-22-10-8-20(31-22)12-18-6-5-17(29-18)11-19-7-9-21(30-19)13-24(32-25)26(23)27/h1-15,28-29H. The Kier molecular flexibility index (Phi) is 3.49. The van der Waals surface area contributed by atoms with E-state index in [1.807, 2.05) is 48.7 Å². The van der Waals surface area contributed by atoms with Crippen LogP contribution in [0, 0.1) is 0 Å². The van der Waals surface area contributed by atoms with Crippen LogP contribution in [-0.2, 0) is 0 Å². The molecule has 8 bridgehead atoms. The third-order valence-corrected chi connectivity index (χ3v) is 5.88. The monoisotopic (exact) mass is 411 g/mol. The van der Waals surface area contributed by atoms with E-state index >= 15 is 0 Å². The van der Waals surface area contributed by atoms with Crippen LogP contribution in [0.25, 0.3) is 46.3 Å². The molecule has 6 heterocycles. The zero-order valence-electron chi connectivity index (χ0n) is 17.0. The lowest BCUT2D eigenvalue weighted by molar-refractivity contribution is 1.28. The maximum absolute atomic E-state index is 5.00. The molecule has 0 radical (unpaired) electrons. The number of rotatable bonds is 0. The molecule has 7 rings (SSSR count). The highest BCUT2D eigenvalue weighted by atomic mass is 14.8. The number of allylic oxidation sites excluding steroid dienone is 4. The minimum atomic E-state index is 0.870. The molecule has 0 unspecified atom stereocenters. The number of nitrogens with one attached hydrogen (secondary N) is 2. The van der Waals surface area contributed by atoms with Gasteiger partial charge in [0.2, 0.25) is 0 Å². The predicted octanol–water partition coefficient (Wildman–Crippen LogP) is 3.97. The van der Waals surface area contributed by atoms with Gasteiger partial charge in [0.15, 0.2) is 0 Å². The molecule has 0 amide bonds. The van der Waals surface area contributed by atoms with E-state index in [-0.39, 0.29) is 0 Å². The minimum absolute atomic E-state index is 0.870. The van der Waals surface area contributed by atoms with E-state index in [9.17, 15) is 0 Å². The largest absolute Gasteiger partial charge is 0.359 e. The van der Waals surface area contributed by atoms with Gasteiger partial charge in [-0.2, -0.15) is 0 Å². The second-order valence-corrected chi connectivity index (χ2v) is 8.04. The van der Waals surface area contributed by atoms with Gasteiger partial charge in [0.25, 0.3) is 0 Å². The van der Waals surface area contributed by atoms with Crippen molar-refractivity contribution in [2.45, 2.75) is 0 Å². The van der Waals surface area contributed by atoms with E-state index in [0.717, 1.165) is 61.5 Å². The Morgan fingerprint density at radius 2 is 1.34 bits per heavy atom. The summed E-state index contributed by atoms with van der Waals surface area (Å²) in [5, 5.41) is 4.32. The highest BCUT2D eigenvalue weighted by Crippen LogP contribution is 2.37. The summed E-state index contributed by atoms with van der Waals surface area (Å²) < 4.78 is 0. The third-order valence-electron chi connectivity index (χ3n) is 5.88. The number of nitrogens with zero attached hydrogens (tertiary/aromatic N) is 3. The highest BCUT2D eigenvalue weighted by Gasteiger charge is 2.20. The highest BCUT2D eigenvalue weighted by molar-refractivity contribution is 6.20. The predicted molar refractivity (Wildman–Crippen MR) is 131 cm³/mol. The van der Waals surface area contributed by atoms with Crippen LogP contribution in [0.3, 0.4) is 0 Å². The molecule has 32 heavy (non-hydrogen) atoms. The second kappa shape index (κ2) is 6.49. The summed E-state index contributed by atoms with van der Waals surface area (Å²) in [6.45, 7) is 0. The Bertz CT molecular complexity index is 1710. The van der Waals surface area contributed by atoms with Crippen LogP contribution in [-0.4, -0.2) is 26.4 Å². The van der Waals surface area contributed by atoms with Crippen molar-refractivity contribution in [3.8, 4) is 11.3 Å². The van der Waals surface area contributed by atoms with Gasteiger partial charge in [0, 0.05) is 22.5 Å². The summed E-state index contributed by atoms with van der Waals surface area (Å²) in [5.74, 6) is 0. The zero-order valence-corrected chi connectivity index (χ0v) is 17.0. The van der Waals surface area contributed by atoms with Crippen LogP contribution in [0.2, 0.25) is 0 Å². The Morgan fingerprint density at radius 3 is 2.09 bits per heavy atom. The van der Waals surface area contributed by atoms with Gasteiger partial charge in [-0.25, -0.2) is 15.0 Å². The Hall–Kier alpha value is -4.51. The average Bonchev–Trinajstić information content (AvgIpc) is 3.59. The molecule has 150 valence electrons. The molecule has 0 atom stereocenters. The number of aromatic nitrogens is 3. The number of pyridine rings is 1. The Labute approximate surface area is 183 Å². The normalized spacial score (nSPS) is 16.5. The van der Waals surface area contributed by atoms with Crippen molar-refractivity contribution in [3.63, 3.8) is 0 Å². The number of aromatic amines is 2. The molecule has 0 saturated heterocycles. The van der Waals surface area contributed by atoms with Crippen molar-refractivity contribution >= 4 is 46.5 Å². The van der Waals surface area contributed by atoms with Crippen molar-refractivity contribution in [3.05, 3.63) is 100 Å². The van der Waals surface area contributed by atoms with Gasteiger partial charge in [-0.15, -0.1) is 0 Å². The second-order valence-electron chi connectivity index (χ2n) is 8.04. The molecule has 5 aliphatic rings. The lowest BCUT2D eigenvalue weighted by Crippen LogP contribution is -2.12. The third kappa shape index (κ3) is 2.76. The molecule has 5 aliphatic heterocycles. The molecule has 1 aromatic carbocycles. The number of aliphatic imine (C=N–C) groups is 2. The fraction of sp³-hybridized carbons (Fsp3) is 0. The van der Waals surface area contributed by atoms with Crippen molar-refractivity contribution in [2.75, 3.05) is 0 Å². The summed E-state index contributed by atoms with van der Waals surface area (Å²) in [7, 11) is 0. The van der Waals surface area contributed by atoms with Crippen molar-refractivity contribution < 1.29 is 0 Å². The number of hydrogen-bond donors (Lipinski definition) is 2. The van der Waals surface area contributed by atoms with Crippen LogP contribution in [0.5, 0.6) is 0 Å². The molecule has 5 nitrogen and oxygen atoms in total. The molecule has 0 fully saturated rings. The fourth-order valence-corrected chi connectivity index (χ4v) is 4.43. The Morgan fingerprint density at radius 1 is 0.656 bits per heavy atom. The quantitative estimate of drug-likeness (QED) is 0.452. The molecule has 0 aliphatic carbocycles. The van der Waals surface area contributed by atoms with Crippen molar-refractivity contribution in [2.24, 2.45) is 9.98 Å². The fourth-order valence-electron chi connectivity index (χ4n) is 4.43. The molecular formula is C27H17N5. The van der Waals surface area contributed by atoms with Gasteiger partial charge >= 0.3 is 0 Å². The molecular weight excluding hydrogens is 394 g/mol. The number of hydrogen-bond acceptors (Lipinski definition) is 3. The number of benzene rings is 1. The van der Waals surface area contributed by atoms with Gasteiger partial charge in [-0.3, -0.25) is 0 Å². The number of fused-ring (bicyclic) bond motifs is 11. The van der Waals surface area contributed by atoms with E-state index in [4.69, 9.17) is 15.0 Å². The average molecular weight is 411 g/mol. The molecule has 5 heteroatoms. The SMILES string of the molecule is C1=CC2=NC1=Cc1nc(c3c4ccccc4c[nH]c1-3)C=C1C=CC(=N1)C=c1ccc([nH]1)=C2. The first kappa shape index (κ1) is 17.2. The molecule has 0 spiro atoms. The molecule has 1 aromatic heterocycles. The maximum Gasteiger partial charge on any atom is 0.0900 e. The van der Waals surface area contributed by atoms with E-state index in [2.05, 4.69) is 52.4 Å². The van der Waals surface area contributed by atoms with Crippen LogP contribution in [0.1, 0.15) is 11.4 Å². The van der Waals surface area contributed by atoms with Gasteiger partial charge in [0.1, 0.15) is 0 Å². The summed E-state index contributed by atoms with van der Waals surface area (Å²) in [4.78, 5) is 21.4. The Balaban J connectivity index is 1.54. The first-order chi connectivity index (χ1) is 15.8. The van der Waals surface area contributed by atoms with Gasteiger partial charge in [-0.1, -0.05) is 24.3 Å². The van der Waals surface area contributed by atoms with Crippen LogP contribution < -0.4 is 10.7 Å². The van der Waals surface area contributed by atoms with E-state index in [1.54, 1.807) is 0 Å². The topological polar surface area (TPSA) is 69.2 Å². The van der Waals surface area contributed by atoms with Gasteiger partial charge in [-0.05, 0) is 71.5 Å². The van der Waals surface area contributed by atoms with Crippen molar-refractivity contribution in [1.82, 2.24) is 15.0 Å².